The van der Waals surface area contributed by atoms with Gasteiger partial charge in [-0.2, -0.15) is 0 Å². The van der Waals surface area contributed by atoms with Crippen molar-refractivity contribution in [1.29, 1.82) is 0 Å². The molecule has 0 saturated heterocycles. The predicted octanol–water partition coefficient (Wildman–Crippen LogP) is 3.01. The highest BCUT2D eigenvalue weighted by Gasteiger charge is 2.11. The number of carbonyl (C=O) groups is 1. The van der Waals surface area contributed by atoms with Crippen LogP contribution in [0.3, 0.4) is 0 Å². The maximum Gasteiger partial charge on any atom is 0.254 e. The maximum atomic E-state index is 13.5. The van der Waals surface area contributed by atoms with E-state index in [4.69, 9.17) is 5.11 Å². The molecular formula is C15H13BrFNO2. The van der Waals surface area contributed by atoms with E-state index in [9.17, 15) is 9.18 Å². The lowest BCUT2D eigenvalue weighted by Crippen LogP contribution is -2.23. The van der Waals surface area contributed by atoms with Crippen LogP contribution in [0, 0.1) is 5.82 Å². The van der Waals surface area contributed by atoms with E-state index in [1.165, 1.54) is 18.2 Å². The van der Waals surface area contributed by atoms with Crippen molar-refractivity contribution >= 4 is 21.8 Å². The number of halogens is 2. The van der Waals surface area contributed by atoms with Gasteiger partial charge in [0.2, 0.25) is 0 Å². The number of carbonyl (C=O) groups excluding carboxylic acids is 1. The van der Waals surface area contributed by atoms with Gasteiger partial charge >= 0.3 is 0 Å². The molecule has 5 heteroatoms. The van der Waals surface area contributed by atoms with Crippen molar-refractivity contribution in [2.45, 2.75) is 13.2 Å². The van der Waals surface area contributed by atoms with Crippen LogP contribution in [0.4, 0.5) is 4.39 Å². The molecule has 0 spiro atoms. The summed E-state index contributed by atoms with van der Waals surface area (Å²) in [7, 11) is 0. The second-order valence-corrected chi connectivity index (χ2v) is 5.20. The molecule has 20 heavy (non-hydrogen) atoms. The summed E-state index contributed by atoms with van der Waals surface area (Å²) >= 11 is 3.21. The van der Waals surface area contributed by atoms with E-state index < -0.39 is 11.7 Å². The number of nitrogens with one attached hydrogen (secondary N) is 1. The van der Waals surface area contributed by atoms with Crippen LogP contribution in [0.1, 0.15) is 21.5 Å². The molecule has 0 heterocycles. The zero-order valence-electron chi connectivity index (χ0n) is 10.6. The Morgan fingerprint density at radius 3 is 2.70 bits per heavy atom. The first kappa shape index (κ1) is 14.7. The molecular weight excluding hydrogens is 325 g/mol. The molecule has 104 valence electrons. The summed E-state index contributed by atoms with van der Waals surface area (Å²) in [5.41, 5.74) is 1.61. The van der Waals surface area contributed by atoms with Crippen molar-refractivity contribution in [2.75, 3.05) is 0 Å². The molecule has 0 radical (unpaired) electrons. The fourth-order valence-electron chi connectivity index (χ4n) is 1.79. The fraction of sp³-hybridized carbons (Fsp3) is 0.133. The molecule has 0 aliphatic carbocycles. The minimum Gasteiger partial charge on any atom is -0.392 e. The van der Waals surface area contributed by atoms with Crippen LogP contribution in [0.2, 0.25) is 0 Å². The van der Waals surface area contributed by atoms with Crippen LogP contribution in [0.15, 0.2) is 46.9 Å². The highest BCUT2D eigenvalue weighted by atomic mass is 79.9. The summed E-state index contributed by atoms with van der Waals surface area (Å²) in [5, 5.41) is 11.7. The zero-order valence-corrected chi connectivity index (χ0v) is 12.2. The van der Waals surface area contributed by atoms with Crippen molar-refractivity contribution in [3.8, 4) is 0 Å². The molecule has 0 aliphatic rings. The minimum atomic E-state index is -0.560. The van der Waals surface area contributed by atoms with Crippen LogP contribution in [0.5, 0.6) is 0 Å². The second kappa shape index (κ2) is 6.63. The van der Waals surface area contributed by atoms with Gasteiger partial charge in [0, 0.05) is 11.0 Å². The third-order valence-electron chi connectivity index (χ3n) is 2.80. The normalized spacial score (nSPS) is 10.3. The largest absolute Gasteiger partial charge is 0.392 e. The average Bonchev–Trinajstić information content (AvgIpc) is 2.47. The van der Waals surface area contributed by atoms with E-state index in [1.54, 1.807) is 18.2 Å². The van der Waals surface area contributed by atoms with Gasteiger partial charge in [-0.25, -0.2) is 4.39 Å². The Morgan fingerprint density at radius 1 is 1.20 bits per heavy atom. The van der Waals surface area contributed by atoms with Crippen molar-refractivity contribution < 1.29 is 14.3 Å². The summed E-state index contributed by atoms with van der Waals surface area (Å²) in [4.78, 5) is 11.9. The number of rotatable bonds is 4. The first-order valence-corrected chi connectivity index (χ1v) is 6.81. The van der Waals surface area contributed by atoms with Gasteiger partial charge < -0.3 is 10.4 Å². The number of aliphatic hydroxyl groups is 1. The Hall–Kier alpha value is -1.72. The third-order valence-corrected chi connectivity index (χ3v) is 3.29. The van der Waals surface area contributed by atoms with Crippen LogP contribution in [-0.4, -0.2) is 11.0 Å². The first-order chi connectivity index (χ1) is 9.60. The maximum absolute atomic E-state index is 13.5. The van der Waals surface area contributed by atoms with Gasteiger partial charge in [0.1, 0.15) is 5.82 Å². The molecule has 0 fully saturated rings. The predicted molar refractivity (Wildman–Crippen MR) is 77.6 cm³/mol. The standard InChI is InChI=1S/C15H13BrFNO2/c16-12-4-5-14(17)13(7-12)15(20)18-8-10-2-1-3-11(6-10)9-19/h1-7,19H,8-9H2,(H,18,20). The lowest BCUT2D eigenvalue weighted by atomic mass is 10.1. The molecule has 0 aromatic heterocycles. The van der Waals surface area contributed by atoms with E-state index in [0.717, 1.165) is 11.1 Å². The van der Waals surface area contributed by atoms with Crippen molar-refractivity contribution in [3.05, 3.63) is 69.4 Å². The van der Waals surface area contributed by atoms with Crippen LogP contribution >= 0.6 is 15.9 Å². The summed E-state index contributed by atoms with van der Waals surface area (Å²) in [6.45, 7) is 0.223. The SMILES string of the molecule is O=C(NCc1cccc(CO)c1)c1cc(Br)ccc1F. The van der Waals surface area contributed by atoms with Gasteiger partial charge in [0.05, 0.1) is 12.2 Å². The molecule has 3 nitrogen and oxygen atoms in total. The van der Waals surface area contributed by atoms with E-state index in [2.05, 4.69) is 21.2 Å². The van der Waals surface area contributed by atoms with Gasteiger partial charge in [-0.15, -0.1) is 0 Å². The van der Waals surface area contributed by atoms with Gasteiger partial charge in [-0.1, -0.05) is 40.2 Å². The van der Waals surface area contributed by atoms with Gasteiger partial charge in [0.25, 0.3) is 5.91 Å². The number of hydrogen-bond acceptors (Lipinski definition) is 2. The smallest absolute Gasteiger partial charge is 0.254 e. The number of amides is 1. The van der Waals surface area contributed by atoms with E-state index in [0.29, 0.717) is 4.47 Å². The fourth-order valence-corrected chi connectivity index (χ4v) is 2.15. The molecule has 2 rings (SSSR count). The average molecular weight is 338 g/mol. The molecule has 0 aliphatic heterocycles. The van der Waals surface area contributed by atoms with E-state index in [1.807, 2.05) is 6.07 Å². The topological polar surface area (TPSA) is 49.3 Å². The highest BCUT2D eigenvalue weighted by molar-refractivity contribution is 9.10. The molecule has 0 atom stereocenters. The zero-order chi connectivity index (χ0) is 14.5. The van der Waals surface area contributed by atoms with Crippen LogP contribution in [-0.2, 0) is 13.2 Å². The highest BCUT2D eigenvalue weighted by Crippen LogP contribution is 2.15. The molecule has 2 aromatic rings. The second-order valence-electron chi connectivity index (χ2n) is 4.28. The van der Waals surface area contributed by atoms with Crippen LogP contribution in [0.25, 0.3) is 0 Å². The summed E-state index contributed by atoms with van der Waals surface area (Å²) in [6.07, 6.45) is 0. The van der Waals surface area contributed by atoms with Crippen molar-refractivity contribution in [3.63, 3.8) is 0 Å². The monoisotopic (exact) mass is 337 g/mol. The molecule has 0 saturated carbocycles. The summed E-state index contributed by atoms with van der Waals surface area (Å²) < 4.78 is 14.2. The number of hydrogen-bond donors (Lipinski definition) is 2. The Kier molecular flexibility index (Phi) is 4.87. The van der Waals surface area contributed by atoms with E-state index >= 15 is 0 Å². The Balaban J connectivity index is 2.06. The third kappa shape index (κ3) is 3.65. The Morgan fingerprint density at radius 2 is 1.95 bits per heavy atom. The quantitative estimate of drug-likeness (QED) is 0.900. The molecule has 0 unspecified atom stereocenters. The van der Waals surface area contributed by atoms with Gasteiger partial charge in [-0.3, -0.25) is 4.79 Å². The lowest BCUT2D eigenvalue weighted by molar-refractivity contribution is 0.0947. The minimum absolute atomic E-state index is 0.00214. The molecule has 1 amide bonds. The van der Waals surface area contributed by atoms with Crippen molar-refractivity contribution in [2.24, 2.45) is 0 Å². The van der Waals surface area contributed by atoms with Gasteiger partial charge in [0.15, 0.2) is 0 Å². The van der Waals surface area contributed by atoms with E-state index in [-0.39, 0.29) is 18.7 Å². The van der Waals surface area contributed by atoms with Crippen molar-refractivity contribution in [1.82, 2.24) is 5.32 Å². The Labute approximate surface area is 124 Å². The lowest BCUT2D eigenvalue weighted by Gasteiger charge is -2.07. The number of aliphatic hydroxyl groups excluding tert-OH is 1. The van der Waals surface area contributed by atoms with Gasteiger partial charge in [-0.05, 0) is 29.3 Å². The Bertz CT molecular complexity index is 631. The first-order valence-electron chi connectivity index (χ1n) is 6.02. The molecule has 2 aromatic carbocycles. The summed E-state index contributed by atoms with van der Waals surface area (Å²) in [6, 6.07) is 11.4. The van der Waals surface area contributed by atoms with Crippen LogP contribution < -0.4 is 5.32 Å². The molecule has 0 bridgehead atoms. The number of benzene rings is 2. The summed E-state index contributed by atoms with van der Waals surface area (Å²) in [5.74, 6) is -1.03. The molecule has 2 N–H and O–H groups in total.